The summed E-state index contributed by atoms with van der Waals surface area (Å²) >= 11 is 0. The number of ether oxygens (including phenoxy) is 1. The molecule has 2 aromatic heterocycles. The molecule has 0 spiro atoms. The Morgan fingerprint density at radius 1 is 1.45 bits per heavy atom. The van der Waals surface area contributed by atoms with E-state index >= 15 is 0 Å². The zero-order valence-electron chi connectivity index (χ0n) is 12.0. The molecular formula is C14H19N3O3. The first kappa shape index (κ1) is 14.3. The van der Waals surface area contributed by atoms with Crippen molar-refractivity contribution in [3.05, 3.63) is 17.5 Å². The van der Waals surface area contributed by atoms with E-state index in [-0.39, 0.29) is 5.56 Å². The van der Waals surface area contributed by atoms with E-state index in [2.05, 4.69) is 17.0 Å². The van der Waals surface area contributed by atoms with Crippen molar-refractivity contribution in [2.45, 2.75) is 33.1 Å². The second-order valence-electron chi connectivity index (χ2n) is 4.77. The minimum absolute atomic E-state index is 0.0881. The Kier molecular flexibility index (Phi) is 4.22. The number of nitrogens with zero attached hydrogens (tertiary/aromatic N) is 3. The van der Waals surface area contributed by atoms with Gasteiger partial charge in [0.2, 0.25) is 0 Å². The zero-order valence-corrected chi connectivity index (χ0v) is 12.0. The van der Waals surface area contributed by atoms with Gasteiger partial charge in [-0.25, -0.2) is 9.78 Å². The lowest BCUT2D eigenvalue weighted by Gasteiger charge is -2.10. The van der Waals surface area contributed by atoms with E-state index in [1.165, 1.54) is 6.20 Å². The van der Waals surface area contributed by atoms with Crippen molar-refractivity contribution in [2.24, 2.45) is 7.05 Å². The molecule has 1 N–H and O–H groups in total. The van der Waals surface area contributed by atoms with Crippen molar-refractivity contribution in [3.63, 3.8) is 0 Å². The maximum Gasteiger partial charge on any atom is 0.341 e. The Morgan fingerprint density at radius 3 is 2.85 bits per heavy atom. The van der Waals surface area contributed by atoms with Crippen molar-refractivity contribution in [3.8, 4) is 5.75 Å². The van der Waals surface area contributed by atoms with Gasteiger partial charge in [-0.15, -0.1) is 0 Å². The fraction of sp³-hybridized carbons (Fsp3) is 0.500. The summed E-state index contributed by atoms with van der Waals surface area (Å²) in [6.45, 7) is 4.44. The van der Waals surface area contributed by atoms with E-state index in [1.807, 2.05) is 6.92 Å². The van der Waals surface area contributed by atoms with E-state index in [0.717, 1.165) is 25.0 Å². The summed E-state index contributed by atoms with van der Waals surface area (Å²) in [5.74, 6) is -0.655. The molecule has 2 rings (SSSR count). The molecule has 0 radical (unpaired) electrons. The third-order valence-electron chi connectivity index (χ3n) is 3.20. The predicted molar refractivity (Wildman–Crippen MR) is 75.2 cm³/mol. The highest BCUT2D eigenvalue weighted by atomic mass is 16.5. The van der Waals surface area contributed by atoms with Crippen LogP contribution in [0.5, 0.6) is 5.75 Å². The molecular weight excluding hydrogens is 258 g/mol. The highest BCUT2D eigenvalue weighted by molar-refractivity contribution is 5.98. The van der Waals surface area contributed by atoms with E-state index < -0.39 is 5.97 Å². The van der Waals surface area contributed by atoms with Crippen molar-refractivity contribution in [1.82, 2.24) is 14.8 Å². The second kappa shape index (κ2) is 5.90. The van der Waals surface area contributed by atoms with Gasteiger partial charge in [0.05, 0.1) is 17.7 Å². The van der Waals surface area contributed by atoms with Gasteiger partial charge in [-0.3, -0.25) is 4.68 Å². The van der Waals surface area contributed by atoms with Gasteiger partial charge in [-0.2, -0.15) is 5.10 Å². The molecule has 0 aliphatic rings. The molecule has 108 valence electrons. The van der Waals surface area contributed by atoms with Crippen LogP contribution in [0.1, 0.15) is 42.2 Å². The highest BCUT2D eigenvalue weighted by Crippen LogP contribution is 2.31. The number of carboxylic acids is 1. The van der Waals surface area contributed by atoms with E-state index in [9.17, 15) is 9.90 Å². The number of aromatic nitrogens is 3. The summed E-state index contributed by atoms with van der Waals surface area (Å²) in [4.78, 5) is 15.5. The molecule has 2 heterocycles. The lowest BCUT2D eigenvalue weighted by Crippen LogP contribution is -2.06. The Hall–Kier alpha value is -2.11. The minimum atomic E-state index is -1.03. The Balaban J connectivity index is 2.45. The first-order valence-corrected chi connectivity index (χ1v) is 6.74. The van der Waals surface area contributed by atoms with Gasteiger partial charge in [0, 0.05) is 13.2 Å². The van der Waals surface area contributed by atoms with Gasteiger partial charge in [-0.1, -0.05) is 19.8 Å². The first-order chi connectivity index (χ1) is 9.56. The molecule has 6 heteroatoms. The summed E-state index contributed by atoms with van der Waals surface area (Å²) in [5.41, 5.74) is 1.45. The molecule has 2 aromatic rings. The largest absolute Gasteiger partial charge is 0.492 e. The van der Waals surface area contributed by atoms with Crippen LogP contribution in [0.4, 0.5) is 0 Å². The number of aromatic carboxylic acids is 1. The van der Waals surface area contributed by atoms with Crippen LogP contribution in [0.3, 0.4) is 0 Å². The molecule has 0 unspecified atom stereocenters. The molecule has 0 bridgehead atoms. The van der Waals surface area contributed by atoms with Crippen molar-refractivity contribution in [2.75, 3.05) is 6.61 Å². The normalized spacial score (nSPS) is 10.9. The lowest BCUT2D eigenvalue weighted by atomic mass is 10.1. The van der Waals surface area contributed by atoms with Gasteiger partial charge in [0.1, 0.15) is 11.3 Å². The lowest BCUT2D eigenvalue weighted by molar-refractivity contribution is 0.0692. The van der Waals surface area contributed by atoms with Crippen LogP contribution in [-0.4, -0.2) is 32.4 Å². The molecule has 0 aromatic carbocycles. The summed E-state index contributed by atoms with van der Waals surface area (Å²) in [5, 5.41) is 14.2. The Bertz CT molecular complexity index is 634. The van der Waals surface area contributed by atoms with Crippen LogP contribution in [-0.2, 0) is 7.05 Å². The van der Waals surface area contributed by atoms with Crippen LogP contribution >= 0.6 is 0 Å². The molecule has 6 nitrogen and oxygen atoms in total. The van der Waals surface area contributed by atoms with E-state index in [4.69, 9.17) is 4.74 Å². The first-order valence-electron chi connectivity index (χ1n) is 6.74. The van der Waals surface area contributed by atoms with Crippen molar-refractivity contribution >= 4 is 17.0 Å². The number of carboxylic acid groups (broad SMARTS) is 1. The molecule has 0 amide bonds. The van der Waals surface area contributed by atoms with E-state index in [0.29, 0.717) is 23.4 Å². The quantitative estimate of drug-likeness (QED) is 0.821. The SMILES string of the molecule is CCCCCOc1c(C(=O)O)cnc2c1c(C)nn2C. The van der Waals surface area contributed by atoms with E-state index in [1.54, 1.807) is 11.7 Å². The highest BCUT2D eigenvalue weighted by Gasteiger charge is 2.20. The van der Waals surface area contributed by atoms with Gasteiger partial charge in [-0.05, 0) is 13.3 Å². The monoisotopic (exact) mass is 277 g/mol. The second-order valence-corrected chi connectivity index (χ2v) is 4.77. The summed E-state index contributed by atoms with van der Waals surface area (Å²) < 4.78 is 7.37. The zero-order chi connectivity index (χ0) is 14.7. The average Bonchev–Trinajstić information content (AvgIpc) is 2.70. The summed E-state index contributed by atoms with van der Waals surface area (Å²) in [7, 11) is 1.78. The molecule has 0 atom stereocenters. The Labute approximate surface area is 117 Å². The summed E-state index contributed by atoms with van der Waals surface area (Å²) in [6, 6.07) is 0. The predicted octanol–water partition coefficient (Wildman–Crippen LogP) is 2.54. The Morgan fingerprint density at radius 2 is 2.20 bits per heavy atom. The van der Waals surface area contributed by atoms with Gasteiger partial charge in [0.25, 0.3) is 0 Å². The minimum Gasteiger partial charge on any atom is -0.492 e. The number of rotatable bonds is 6. The smallest absolute Gasteiger partial charge is 0.341 e. The third kappa shape index (κ3) is 2.59. The molecule has 0 fully saturated rings. The number of aryl methyl sites for hydroxylation is 2. The van der Waals surface area contributed by atoms with Crippen LogP contribution in [0.25, 0.3) is 11.0 Å². The van der Waals surface area contributed by atoms with Gasteiger partial charge in [0.15, 0.2) is 5.65 Å². The average molecular weight is 277 g/mol. The van der Waals surface area contributed by atoms with Crippen molar-refractivity contribution < 1.29 is 14.6 Å². The number of hydrogen-bond acceptors (Lipinski definition) is 4. The fourth-order valence-corrected chi connectivity index (χ4v) is 2.21. The number of fused-ring (bicyclic) bond motifs is 1. The standard InChI is InChI=1S/C14H19N3O3/c1-4-5-6-7-20-12-10(14(18)19)8-15-13-11(12)9(2)16-17(13)3/h8H,4-7H2,1-3H3,(H,18,19). The number of hydrogen-bond donors (Lipinski definition) is 1. The van der Waals surface area contributed by atoms with Crippen LogP contribution in [0, 0.1) is 6.92 Å². The topological polar surface area (TPSA) is 77.2 Å². The maximum atomic E-state index is 11.3. The number of carbonyl (C=O) groups is 1. The van der Waals surface area contributed by atoms with Gasteiger partial charge < -0.3 is 9.84 Å². The van der Waals surface area contributed by atoms with Crippen LogP contribution in [0.2, 0.25) is 0 Å². The molecule has 0 saturated heterocycles. The molecule has 0 aliphatic heterocycles. The molecule has 0 aliphatic carbocycles. The van der Waals surface area contributed by atoms with Crippen LogP contribution in [0.15, 0.2) is 6.20 Å². The third-order valence-corrected chi connectivity index (χ3v) is 3.20. The number of pyridine rings is 1. The van der Waals surface area contributed by atoms with Crippen molar-refractivity contribution in [1.29, 1.82) is 0 Å². The van der Waals surface area contributed by atoms with Crippen LogP contribution < -0.4 is 4.74 Å². The number of unbranched alkanes of at least 4 members (excludes halogenated alkanes) is 2. The molecule has 0 saturated carbocycles. The maximum absolute atomic E-state index is 11.3. The van der Waals surface area contributed by atoms with Gasteiger partial charge >= 0.3 is 5.97 Å². The molecule has 20 heavy (non-hydrogen) atoms. The summed E-state index contributed by atoms with van der Waals surface area (Å²) in [6.07, 6.45) is 4.38. The fourth-order valence-electron chi connectivity index (χ4n) is 2.21.